The van der Waals surface area contributed by atoms with Crippen molar-refractivity contribution in [2.45, 2.75) is 25.2 Å². The molecule has 152 valence electrons. The number of carbonyl (C=O) groups excluding carboxylic acids is 1. The van der Waals surface area contributed by atoms with Crippen LogP contribution >= 0.6 is 0 Å². The lowest BCUT2D eigenvalue weighted by atomic mass is 10.1. The zero-order chi connectivity index (χ0) is 19.7. The second-order valence-electron chi connectivity index (χ2n) is 7.62. The number of aromatic nitrogens is 3. The quantitative estimate of drug-likeness (QED) is 0.741. The zero-order valence-electron chi connectivity index (χ0n) is 16.0. The van der Waals surface area contributed by atoms with Gasteiger partial charge in [-0.1, -0.05) is 0 Å². The van der Waals surface area contributed by atoms with Gasteiger partial charge in [0.15, 0.2) is 5.65 Å². The molecule has 0 aromatic carbocycles. The van der Waals surface area contributed by atoms with Crippen molar-refractivity contribution in [3.05, 3.63) is 29.7 Å². The van der Waals surface area contributed by atoms with Crippen molar-refractivity contribution in [1.82, 2.24) is 29.1 Å². The molecule has 0 aliphatic carbocycles. The van der Waals surface area contributed by atoms with E-state index >= 15 is 0 Å². The smallest absolute Gasteiger partial charge is 0.252 e. The molecular formula is C18H26N6O3S. The van der Waals surface area contributed by atoms with E-state index in [9.17, 15) is 13.2 Å². The molecular weight excluding hydrogens is 380 g/mol. The third-order valence-corrected chi connectivity index (χ3v) is 6.86. The molecule has 2 aliphatic heterocycles. The number of amides is 1. The van der Waals surface area contributed by atoms with Crippen molar-refractivity contribution in [3.63, 3.8) is 0 Å². The number of likely N-dealkylation sites (tertiary alicyclic amines) is 1. The van der Waals surface area contributed by atoms with Crippen molar-refractivity contribution in [2.24, 2.45) is 0 Å². The Labute approximate surface area is 164 Å². The molecule has 0 saturated carbocycles. The molecule has 0 spiro atoms. The van der Waals surface area contributed by atoms with Gasteiger partial charge in [0, 0.05) is 38.3 Å². The number of nitrogens with zero attached hydrogens (tertiary/aromatic N) is 5. The van der Waals surface area contributed by atoms with Crippen LogP contribution in [0.5, 0.6) is 0 Å². The molecule has 0 radical (unpaired) electrons. The molecule has 1 unspecified atom stereocenters. The van der Waals surface area contributed by atoms with Crippen LogP contribution in [0.2, 0.25) is 0 Å². The van der Waals surface area contributed by atoms with Crippen LogP contribution in [0.4, 0.5) is 0 Å². The summed E-state index contributed by atoms with van der Waals surface area (Å²) in [7, 11) is -3.21. The summed E-state index contributed by atoms with van der Waals surface area (Å²) in [4.78, 5) is 14.9. The van der Waals surface area contributed by atoms with Crippen LogP contribution in [-0.4, -0.2) is 83.7 Å². The summed E-state index contributed by atoms with van der Waals surface area (Å²) in [5, 5.41) is 11.4. The van der Waals surface area contributed by atoms with E-state index < -0.39 is 10.0 Å². The first kappa shape index (κ1) is 19.3. The number of pyridine rings is 1. The molecule has 4 rings (SSSR count). The Bertz CT molecular complexity index is 967. The normalized spacial score (nSPS) is 21.5. The van der Waals surface area contributed by atoms with E-state index in [1.807, 2.05) is 4.40 Å². The molecule has 2 fully saturated rings. The Morgan fingerprint density at radius 1 is 1.21 bits per heavy atom. The topological polar surface area (TPSA) is 99.9 Å². The number of rotatable bonds is 6. The van der Waals surface area contributed by atoms with Crippen LogP contribution < -0.4 is 5.32 Å². The number of sulfonamides is 1. The van der Waals surface area contributed by atoms with E-state index in [4.69, 9.17) is 0 Å². The van der Waals surface area contributed by atoms with Gasteiger partial charge in [0.2, 0.25) is 10.0 Å². The minimum atomic E-state index is -3.21. The number of fused-ring (bicyclic) bond motifs is 1. The summed E-state index contributed by atoms with van der Waals surface area (Å²) >= 11 is 0. The van der Waals surface area contributed by atoms with Gasteiger partial charge in [0.05, 0.1) is 11.8 Å². The maximum atomic E-state index is 12.5. The minimum Gasteiger partial charge on any atom is -0.351 e. The van der Waals surface area contributed by atoms with Gasteiger partial charge in [0.1, 0.15) is 5.82 Å². The summed E-state index contributed by atoms with van der Waals surface area (Å²) in [6, 6.07) is 3.52. The Balaban J connectivity index is 1.46. The first-order valence-corrected chi connectivity index (χ1v) is 11.6. The van der Waals surface area contributed by atoms with E-state index in [1.54, 1.807) is 18.3 Å². The predicted octanol–water partition coefficient (Wildman–Crippen LogP) is 0.304. The van der Waals surface area contributed by atoms with E-state index in [0.29, 0.717) is 43.1 Å². The maximum absolute atomic E-state index is 12.5. The van der Waals surface area contributed by atoms with E-state index in [-0.39, 0.29) is 11.8 Å². The number of nitrogens with one attached hydrogen (secondary N) is 1. The number of hydrogen-bond donors (Lipinski definition) is 1. The van der Waals surface area contributed by atoms with Crippen LogP contribution in [0.1, 0.15) is 41.4 Å². The van der Waals surface area contributed by atoms with Crippen LogP contribution in [0.25, 0.3) is 5.65 Å². The molecule has 2 aromatic heterocycles. The second kappa shape index (κ2) is 7.76. The first-order chi connectivity index (χ1) is 13.4. The van der Waals surface area contributed by atoms with E-state index in [1.165, 1.54) is 23.4 Å². The van der Waals surface area contributed by atoms with Crippen molar-refractivity contribution in [2.75, 3.05) is 45.5 Å². The highest BCUT2D eigenvalue weighted by atomic mass is 32.2. The summed E-state index contributed by atoms with van der Waals surface area (Å²) in [6.45, 7) is 4.59. The highest BCUT2D eigenvalue weighted by Gasteiger charge is 2.32. The number of carbonyl (C=O) groups is 1. The summed E-state index contributed by atoms with van der Waals surface area (Å²) in [5.41, 5.74) is 1.20. The second-order valence-corrected chi connectivity index (χ2v) is 9.60. The van der Waals surface area contributed by atoms with Gasteiger partial charge in [-0.05, 0) is 44.5 Å². The van der Waals surface area contributed by atoms with Gasteiger partial charge >= 0.3 is 0 Å². The third kappa shape index (κ3) is 4.03. The van der Waals surface area contributed by atoms with Gasteiger partial charge in [-0.25, -0.2) is 12.7 Å². The standard InChI is InChI=1S/C18H26N6O3S/c1-28(26,27)23-10-6-14(12-23)17-21-20-16-5-4-15(13-24(16)17)18(25)19-7-11-22-8-2-3-9-22/h4-5,13-14H,2-3,6-12H2,1H3,(H,19,25). The van der Waals surface area contributed by atoms with E-state index in [0.717, 1.165) is 19.6 Å². The van der Waals surface area contributed by atoms with Crippen molar-refractivity contribution >= 4 is 21.6 Å². The molecule has 4 heterocycles. The van der Waals surface area contributed by atoms with Crippen LogP contribution in [0, 0.1) is 0 Å². The molecule has 2 aliphatic rings. The summed E-state index contributed by atoms with van der Waals surface area (Å²) in [5.74, 6) is 0.552. The molecule has 9 nitrogen and oxygen atoms in total. The third-order valence-electron chi connectivity index (χ3n) is 5.59. The average molecular weight is 407 g/mol. The fraction of sp³-hybridized carbons (Fsp3) is 0.611. The molecule has 1 atom stereocenters. The lowest BCUT2D eigenvalue weighted by Gasteiger charge is -2.15. The lowest BCUT2D eigenvalue weighted by molar-refractivity contribution is 0.0949. The monoisotopic (exact) mass is 406 g/mol. The zero-order valence-corrected chi connectivity index (χ0v) is 16.9. The molecule has 2 saturated heterocycles. The predicted molar refractivity (Wildman–Crippen MR) is 105 cm³/mol. The van der Waals surface area contributed by atoms with E-state index in [2.05, 4.69) is 20.4 Å². The van der Waals surface area contributed by atoms with Gasteiger partial charge < -0.3 is 10.2 Å². The first-order valence-electron chi connectivity index (χ1n) is 9.72. The summed E-state index contributed by atoms with van der Waals surface area (Å²) in [6.07, 6.45) is 6.14. The largest absolute Gasteiger partial charge is 0.351 e. The highest BCUT2D eigenvalue weighted by Crippen LogP contribution is 2.27. The minimum absolute atomic E-state index is 0.0294. The fourth-order valence-electron chi connectivity index (χ4n) is 4.00. The fourth-order valence-corrected chi connectivity index (χ4v) is 4.88. The lowest BCUT2D eigenvalue weighted by Crippen LogP contribution is -2.33. The molecule has 1 amide bonds. The number of hydrogen-bond acceptors (Lipinski definition) is 6. The van der Waals surface area contributed by atoms with Crippen molar-refractivity contribution in [1.29, 1.82) is 0 Å². The molecule has 0 bridgehead atoms. The maximum Gasteiger partial charge on any atom is 0.252 e. The van der Waals surface area contributed by atoms with Crippen molar-refractivity contribution in [3.8, 4) is 0 Å². The van der Waals surface area contributed by atoms with Gasteiger partial charge in [-0.2, -0.15) is 0 Å². The van der Waals surface area contributed by atoms with Gasteiger partial charge in [-0.3, -0.25) is 9.20 Å². The Hall–Kier alpha value is -2.04. The molecule has 28 heavy (non-hydrogen) atoms. The van der Waals surface area contributed by atoms with Crippen LogP contribution in [0.3, 0.4) is 0 Å². The van der Waals surface area contributed by atoms with Crippen molar-refractivity contribution < 1.29 is 13.2 Å². The van der Waals surface area contributed by atoms with Gasteiger partial charge in [0.25, 0.3) is 5.91 Å². The van der Waals surface area contributed by atoms with Gasteiger partial charge in [-0.15, -0.1) is 10.2 Å². The van der Waals surface area contributed by atoms with Crippen LogP contribution in [-0.2, 0) is 10.0 Å². The Morgan fingerprint density at radius 2 is 2.00 bits per heavy atom. The molecule has 10 heteroatoms. The Kier molecular flexibility index (Phi) is 5.35. The Morgan fingerprint density at radius 3 is 2.71 bits per heavy atom. The molecule has 1 N–H and O–H groups in total. The SMILES string of the molecule is CS(=O)(=O)N1CCC(c2nnc3ccc(C(=O)NCCN4CCCC4)cn23)C1. The van der Waals surface area contributed by atoms with Crippen LogP contribution in [0.15, 0.2) is 18.3 Å². The molecule has 2 aromatic rings. The highest BCUT2D eigenvalue weighted by molar-refractivity contribution is 7.88. The summed E-state index contributed by atoms with van der Waals surface area (Å²) < 4.78 is 26.8. The average Bonchev–Trinajstić information content (AvgIpc) is 3.40.